The van der Waals surface area contributed by atoms with Gasteiger partial charge in [0.1, 0.15) is 0 Å². The van der Waals surface area contributed by atoms with Crippen LogP contribution in [0.25, 0.3) is 55.3 Å². The summed E-state index contributed by atoms with van der Waals surface area (Å²) < 4.78 is 0. The predicted octanol–water partition coefficient (Wildman–Crippen LogP) is 19.5. The van der Waals surface area contributed by atoms with E-state index >= 15 is 0 Å². The first-order valence-electron chi connectivity index (χ1n) is 25.6. The second-order valence-electron chi connectivity index (χ2n) is 19.2. The average molecular weight is 945 g/mol. The van der Waals surface area contributed by atoms with Crippen LogP contribution < -0.4 is 9.80 Å². The number of rotatable bonds is 11. The third kappa shape index (κ3) is 7.59. The van der Waals surface area contributed by atoms with Gasteiger partial charge in [0, 0.05) is 33.9 Å². The minimum atomic E-state index is -0.551. The molecule has 0 saturated carbocycles. The Kier molecular flexibility index (Phi) is 11.4. The molecule has 0 N–H and O–H groups in total. The van der Waals surface area contributed by atoms with Gasteiger partial charge in [-0.15, -0.1) is 0 Å². The molecule has 0 saturated heterocycles. The Morgan fingerprint density at radius 2 is 0.784 bits per heavy atom. The molecule has 2 nitrogen and oxygen atoms in total. The first-order chi connectivity index (χ1) is 36.6. The zero-order valence-electron chi connectivity index (χ0n) is 41.2. The second-order valence-corrected chi connectivity index (χ2v) is 19.2. The van der Waals surface area contributed by atoms with E-state index in [2.05, 4.69) is 314 Å². The molecule has 12 aromatic carbocycles. The van der Waals surface area contributed by atoms with Crippen molar-refractivity contribution in [2.45, 2.75) is 12.3 Å². The van der Waals surface area contributed by atoms with Crippen molar-refractivity contribution in [1.82, 2.24) is 0 Å². The van der Waals surface area contributed by atoms with E-state index in [4.69, 9.17) is 0 Å². The highest BCUT2D eigenvalue weighted by Crippen LogP contribution is 2.58. The maximum absolute atomic E-state index is 2.49. The summed E-state index contributed by atoms with van der Waals surface area (Å²) in [4.78, 5) is 4.83. The summed E-state index contributed by atoms with van der Waals surface area (Å²) in [6.45, 7) is 2.26. The van der Waals surface area contributed by atoms with Crippen LogP contribution in [0.2, 0.25) is 0 Å². The van der Waals surface area contributed by atoms with E-state index in [-0.39, 0.29) is 0 Å². The monoisotopic (exact) mass is 944 g/mol. The molecule has 0 aliphatic heterocycles. The zero-order valence-corrected chi connectivity index (χ0v) is 41.2. The minimum absolute atomic E-state index is 0.551. The molecule has 0 unspecified atom stereocenters. The highest BCUT2D eigenvalue weighted by molar-refractivity contribution is 6.06. The molecule has 0 heterocycles. The van der Waals surface area contributed by atoms with Gasteiger partial charge in [0.05, 0.1) is 16.8 Å². The Morgan fingerprint density at radius 1 is 0.284 bits per heavy atom. The normalized spacial score (nSPS) is 12.2. The van der Waals surface area contributed by atoms with Crippen LogP contribution >= 0.6 is 0 Å². The topological polar surface area (TPSA) is 6.48 Å². The van der Waals surface area contributed by atoms with E-state index in [1.54, 1.807) is 0 Å². The Morgan fingerprint density at radius 3 is 1.43 bits per heavy atom. The Balaban J connectivity index is 0.960. The van der Waals surface area contributed by atoms with E-state index < -0.39 is 5.41 Å². The van der Waals surface area contributed by atoms with Gasteiger partial charge in [-0.3, -0.25) is 0 Å². The average Bonchev–Trinajstić information content (AvgIpc) is 3.87. The Hall–Kier alpha value is -9.50. The van der Waals surface area contributed by atoms with Gasteiger partial charge in [-0.2, -0.15) is 0 Å². The number of hydrogen-bond donors (Lipinski definition) is 0. The molecular formula is C72H52N2. The van der Waals surface area contributed by atoms with Crippen LogP contribution in [0.3, 0.4) is 0 Å². The third-order valence-corrected chi connectivity index (χ3v) is 15.1. The molecule has 0 aromatic heterocycles. The standard InChI is InChI=1S/C72H52N2/c1-51-22-21-36-66-70(51)65-48-47-62(50-67(65)72(66,57-26-9-3-10-27-57)58-28-11-4-12-29-58)74(69-49-44-54-23-17-18-35-64(54)71(69)56-24-7-2-8-25-56)61-45-42-53(43-46-61)52-38-40-55(41-39-52)63-34-19-20-37-68(63)73(59-30-13-5-14-31-59)60-32-15-6-16-33-60/h2-50H,1H3. The maximum Gasteiger partial charge on any atom is 0.0714 e. The van der Waals surface area contributed by atoms with Gasteiger partial charge in [0.2, 0.25) is 0 Å². The Bertz CT molecular complexity index is 3850. The zero-order chi connectivity index (χ0) is 49.4. The number of anilines is 6. The molecule has 0 spiro atoms. The molecular weight excluding hydrogens is 893 g/mol. The van der Waals surface area contributed by atoms with Crippen molar-refractivity contribution in [3.63, 3.8) is 0 Å². The van der Waals surface area contributed by atoms with Crippen molar-refractivity contribution in [1.29, 1.82) is 0 Å². The summed E-state index contributed by atoms with van der Waals surface area (Å²) in [7, 11) is 0. The van der Waals surface area contributed by atoms with Gasteiger partial charge in [0.15, 0.2) is 0 Å². The van der Waals surface area contributed by atoms with Gasteiger partial charge in [-0.1, -0.05) is 237 Å². The SMILES string of the molecule is Cc1cccc2c1-c1ccc(N(c3ccc(-c4ccc(-c5ccccc5N(c5ccccc5)c5ccccc5)cc4)cc3)c3ccc4ccccc4c3-c3ccccc3)cc1C2(c1ccccc1)c1ccccc1. The number of nitrogens with zero attached hydrogens (tertiary/aromatic N) is 2. The van der Waals surface area contributed by atoms with Crippen molar-refractivity contribution >= 4 is 44.9 Å². The summed E-state index contributed by atoms with van der Waals surface area (Å²) in [6.07, 6.45) is 0. The highest BCUT2D eigenvalue weighted by Gasteiger charge is 2.47. The molecule has 0 radical (unpaired) electrons. The van der Waals surface area contributed by atoms with E-state index in [1.165, 1.54) is 66.4 Å². The van der Waals surface area contributed by atoms with Gasteiger partial charge in [0.25, 0.3) is 0 Å². The van der Waals surface area contributed by atoms with Crippen LogP contribution in [0, 0.1) is 6.92 Å². The molecule has 350 valence electrons. The van der Waals surface area contributed by atoms with Crippen molar-refractivity contribution < 1.29 is 0 Å². The Labute approximate surface area is 434 Å². The van der Waals surface area contributed by atoms with E-state index in [0.717, 1.165) is 50.8 Å². The minimum Gasteiger partial charge on any atom is -0.310 e. The van der Waals surface area contributed by atoms with Crippen LogP contribution in [0.4, 0.5) is 34.1 Å². The van der Waals surface area contributed by atoms with Gasteiger partial charge < -0.3 is 9.80 Å². The molecule has 13 rings (SSSR count). The first kappa shape index (κ1) is 44.4. The lowest BCUT2D eigenvalue weighted by atomic mass is 9.67. The van der Waals surface area contributed by atoms with E-state index in [1.807, 2.05) is 0 Å². The van der Waals surface area contributed by atoms with Crippen molar-refractivity contribution in [2.24, 2.45) is 0 Å². The van der Waals surface area contributed by atoms with Crippen LogP contribution in [0.5, 0.6) is 0 Å². The quantitative estimate of drug-likeness (QED) is 0.127. The molecule has 0 fully saturated rings. The van der Waals surface area contributed by atoms with Crippen molar-refractivity contribution in [3.05, 3.63) is 325 Å². The second kappa shape index (κ2) is 18.9. The highest BCUT2D eigenvalue weighted by atomic mass is 15.2. The smallest absolute Gasteiger partial charge is 0.0714 e. The van der Waals surface area contributed by atoms with Crippen molar-refractivity contribution in [3.8, 4) is 44.5 Å². The number of aryl methyl sites for hydroxylation is 1. The summed E-state index contributed by atoms with van der Waals surface area (Å²) >= 11 is 0. The summed E-state index contributed by atoms with van der Waals surface area (Å²) in [5.41, 5.74) is 22.0. The van der Waals surface area contributed by atoms with Gasteiger partial charge >= 0.3 is 0 Å². The van der Waals surface area contributed by atoms with E-state index in [0.29, 0.717) is 0 Å². The molecule has 1 aliphatic carbocycles. The third-order valence-electron chi connectivity index (χ3n) is 15.1. The fraction of sp³-hybridized carbons (Fsp3) is 0.0278. The fourth-order valence-electron chi connectivity index (χ4n) is 11.8. The fourth-order valence-corrected chi connectivity index (χ4v) is 11.8. The van der Waals surface area contributed by atoms with Crippen molar-refractivity contribution in [2.75, 3.05) is 9.80 Å². The molecule has 12 aromatic rings. The van der Waals surface area contributed by atoms with Gasteiger partial charge in [-0.05, 0) is 140 Å². The van der Waals surface area contributed by atoms with Crippen LogP contribution in [0.15, 0.2) is 297 Å². The van der Waals surface area contributed by atoms with E-state index in [9.17, 15) is 0 Å². The van der Waals surface area contributed by atoms with Gasteiger partial charge in [-0.25, -0.2) is 0 Å². The lowest BCUT2D eigenvalue weighted by Crippen LogP contribution is -2.28. The summed E-state index contributed by atoms with van der Waals surface area (Å²) in [5, 5.41) is 2.42. The number of fused-ring (bicyclic) bond motifs is 4. The molecule has 0 bridgehead atoms. The number of hydrogen-bond acceptors (Lipinski definition) is 2. The van der Waals surface area contributed by atoms with Crippen LogP contribution in [-0.2, 0) is 5.41 Å². The molecule has 74 heavy (non-hydrogen) atoms. The number of benzene rings is 12. The summed E-state index contributed by atoms with van der Waals surface area (Å²) in [6, 6.07) is 109. The lowest BCUT2D eigenvalue weighted by molar-refractivity contribution is 0.768. The maximum atomic E-state index is 2.49. The molecule has 0 amide bonds. The molecule has 1 aliphatic rings. The van der Waals surface area contributed by atoms with Crippen LogP contribution in [-0.4, -0.2) is 0 Å². The summed E-state index contributed by atoms with van der Waals surface area (Å²) in [5.74, 6) is 0. The lowest BCUT2D eigenvalue weighted by Gasteiger charge is -2.35. The largest absolute Gasteiger partial charge is 0.310 e. The predicted molar refractivity (Wildman–Crippen MR) is 312 cm³/mol. The van der Waals surface area contributed by atoms with Crippen LogP contribution in [0.1, 0.15) is 27.8 Å². The number of para-hydroxylation sites is 3. The molecule has 2 heteroatoms. The first-order valence-corrected chi connectivity index (χ1v) is 25.6. The molecule has 0 atom stereocenters.